The van der Waals surface area contributed by atoms with E-state index in [1.54, 1.807) is 41.7 Å². The minimum atomic E-state index is 0.714. The molecule has 0 aliphatic rings. The smallest absolute Gasteiger partial charge is 0.204 e. The molecule has 4 nitrogen and oxygen atoms in total. The average Bonchev–Trinajstić information content (AvgIpc) is 2.21. The topological polar surface area (TPSA) is 42.5 Å². The third kappa shape index (κ3) is 1.27. The SMILES string of the molecule is [c-]1ccnc[n+]1-c1cnccn1. The summed E-state index contributed by atoms with van der Waals surface area (Å²) in [6.45, 7) is 0. The quantitative estimate of drug-likeness (QED) is 0.431. The highest BCUT2D eigenvalue weighted by Gasteiger charge is 1.93. The van der Waals surface area contributed by atoms with Gasteiger partial charge in [-0.3, -0.25) is 4.98 Å². The maximum atomic E-state index is 4.08. The molecular formula is C8H6N4. The van der Waals surface area contributed by atoms with Crippen molar-refractivity contribution in [3.05, 3.63) is 43.4 Å². The molecule has 2 aromatic rings. The molecule has 4 heteroatoms. The Morgan fingerprint density at radius 1 is 1.17 bits per heavy atom. The van der Waals surface area contributed by atoms with E-state index in [-0.39, 0.29) is 0 Å². The second-order valence-electron chi connectivity index (χ2n) is 2.14. The molecule has 0 saturated heterocycles. The summed E-state index contributed by atoms with van der Waals surface area (Å²) in [6.07, 6.45) is 11.1. The van der Waals surface area contributed by atoms with Crippen LogP contribution in [-0.4, -0.2) is 15.0 Å². The van der Waals surface area contributed by atoms with Crippen LogP contribution in [0, 0.1) is 6.20 Å². The minimum absolute atomic E-state index is 0.714. The molecule has 0 aliphatic heterocycles. The molecule has 0 aromatic carbocycles. The van der Waals surface area contributed by atoms with Gasteiger partial charge in [0.25, 0.3) is 0 Å². The van der Waals surface area contributed by atoms with Crippen LogP contribution in [0.3, 0.4) is 0 Å². The van der Waals surface area contributed by atoms with Gasteiger partial charge in [0.05, 0.1) is 12.4 Å². The Morgan fingerprint density at radius 3 is 2.83 bits per heavy atom. The van der Waals surface area contributed by atoms with Gasteiger partial charge in [0.1, 0.15) is 12.5 Å². The normalized spacial score (nSPS) is 9.67. The van der Waals surface area contributed by atoms with Crippen molar-refractivity contribution in [1.82, 2.24) is 15.0 Å². The third-order valence-electron chi connectivity index (χ3n) is 1.35. The van der Waals surface area contributed by atoms with Crippen molar-refractivity contribution in [2.45, 2.75) is 0 Å². The van der Waals surface area contributed by atoms with Crippen molar-refractivity contribution in [2.75, 3.05) is 0 Å². The van der Waals surface area contributed by atoms with Crippen molar-refractivity contribution in [1.29, 1.82) is 0 Å². The summed E-state index contributed by atoms with van der Waals surface area (Å²) in [4.78, 5) is 11.9. The van der Waals surface area contributed by atoms with Crippen LogP contribution in [0.1, 0.15) is 0 Å². The highest BCUT2D eigenvalue weighted by atomic mass is 15.1. The lowest BCUT2D eigenvalue weighted by Crippen LogP contribution is -2.31. The fourth-order valence-corrected chi connectivity index (χ4v) is 0.836. The molecule has 0 bridgehead atoms. The Hall–Kier alpha value is -1.84. The summed E-state index contributed by atoms with van der Waals surface area (Å²) in [6, 6.07) is 1.72. The first kappa shape index (κ1) is 6.84. The number of aromatic nitrogens is 4. The van der Waals surface area contributed by atoms with Crippen LogP contribution >= 0.6 is 0 Å². The molecule has 0 N–H and O–H groups in total. The van der Waals surface area contributed by atoms with Crippen molar-refractivity contribution in [3.63, 3.8) is 0 Å². The second kappa shape index (κ2) is 3.04. The van der Waals surface area contributed by atoms with E-state index in [2.05, 4.69) is 21.1 Å². The van der Waals surface area contributed by atoms with Gasteiger partial charge in [-0.15, -0.1) is 0 Å². The van der Waals surface area contributed by atoms with Gasteiger partial charge in [0.2, 0.25) is 5.82 Å². The van der Waals surface area contributed by atoms with E-state index in [4.69, 9.17) is 0 Å². The predicted molar refractivity (Wildman–Crippen MR) is 40.2 cm³/mol. The molecule has 0 aliphatic carbocycles. The Morgan fingerprint density at radius 2 is 2.17 bits per heavy atom. The summed E-state index contributed by atoms with van der Waals surface area (Å²) < 4.78 is 1.67. The van der Waals surface area contributed by atoms with E-state index in [9.17, 15) is 0 Å². The summed E-state index contributed by atoms with van der Waals surface area (Å²) in [5, 5.41) is 0. The van der Waals surface area contributed by atoms with Gasteiger partial charge < -0.3 is 4.57 Å². The Bertz CT molecular complexity index is 308. The summed E-state index contributed by atoms with van der Waals surface area (Å²) >= 11 is 0. The maximum absolute atomic E-state index is 4.08. The molecule has 2 heterocycles. The van der Waals surface area contributed by atoms with Crippen molar-refractivity contribution < 1.29 is 4.57 Å². The standard InChI is InChI=1S/C8H6N4/c1-2-10-7-12(5-1)8-6-9-3-4-11-8/h1-4,6-7H. The molecule has 0 saturated carbocycles. The van der Waals surface area contributed by atoms with Crippen LogP contribution in [0.15, 0.2) is 37.2 Å². The fourth-order valence-electron chi connectivity index (χ4n) is 0.836. The minimum Gasteiger partial charge on any atom is -0.326 e. The van der Waals surface area contributed by atoms with Gasteiger partial charge >= 0.3 is 0 Å². The molecular weight excluding hydrogens is 152 g/mol. The molecule has 58 valence electrons. The molecule has 0 radical (unpaired) electrons. The highest BCUT2D eigenvalue weighted by molar-refractivity contribution is 5.00. The lowest BCUT2D eigenvalue weighted by molar-refractivity contribution is -0.607. The monoisotopic (exact) mass is 158 g/mol. The molecule has 2 aromatic heterocycles. The van der Waals surface area contributed by atoms with Crippen LogP contribution in [0.25, 0.3) is 5.82 Å². The number of rotatable bonds is 1. The van der Waals surface area contributed by atoms with E-state index in [0.29, 0.717) is 5.82 Å². The van der Waals surface area contributed by atoms with Crippen LogP contribution in [-0.2, 0) is 0 Å². The Kier molecular flexibility index (Phi) is 1.74. The van der Waals surface area contributed by atoms with Gasteiger partial charge in [0.15, 0.2) is 0 Å². The highest BCUT2D eigenvalue weighted by Crippen LogP contribution is 1.85. The van der Waals surface area contributed by atoms with E-state index in [1.165, 1.54) is 0 Å². The van der Waals surface area contributed by atoms with Crippen LogP contribution < -0.4 is 4.57 Å². The first-order valence-corrected chi connectivity index (χ1v) is 3.46. The largest absolute Gasteiger partial charge is 0.326 e. The van der Waals surface area contributed by atoms with Crippen molar-refractivity contribution in [3.8, 4) is 5.82 Å². The second-order valence-corrected chi connectivity index (χ2v) is 2.14. The van der Waals surface area contributed by atoms with Crippen molar-refractivity contribution >= 4 is 0 Å². The first-order chi connectivity index (χ1) is 5.97. The third-order valence-corrected chi connectivity index (χ3v) is 1.35. The summed E-state index contributed by atoms with van der Waals surface area (Å²) in [5.74, 6) is 0.714. The molecule has 0 spiro atoms. The van der Waals surface area contributed by atoms with E-state index in [0.717, 1.165) is 0 Å². The van der Waals surface area contributed by atoms with Gasteiger partial charge in [0, 0.05) is 12.4 Å². The number of hydrogen-bond acceptors (Lipinski definition) is 3. The lowest BCUT2D eigenvalue weighted by atomic mass is 10.6. The number of hydrogen-bond donors (Lipinski definition) is 0. The zero-order chi connectivity index (χ0) is 8.23. The zero-order valence-electron chi connectivity index (χ0n) is 6.25. The van der Waals surface area contributed by atoms with Gasteiger partial charge in [-0.2, -0.15) is 4.98 Å². The predicted octanol–water partition coefficient (Wildman–Crippen LogP) is -0.0515. The number of nitrogens with zero attached hydrogens (tertiary/aromatic N) is 4. The fraction of sp³-hybridized carbons (Fsp3) is 0. The summed E-state index contributed by atoms with van der Waals surface area (Å²) in [5.41, 5.74) is 0. The van der Waals surface area contributed by atoms with Crippen LogP contribution in [0.4, 0.5) is 0 Å². The molecule has 12 heavy (non-hydrogen) atoms. The van der Waals surface area contributed by atoms with Crippen LogP contribution in [0.5, 0.6) is 0 Å². The van der Waals surface area contributed by atoms with Gasteiger partial charge in [-0.05, 0) is 0 Å². The van der Waals surface area contributed by atoms with E-state index in [1.807, 2.05) is 0 Å². The first-order valence-electron chi connectivity index (χ1n) is 3.46. The van der Waals surface area contributed by atoms with Gasteiger partial charge in [-0.25, -0.2) is 4.98 Å². The Balaban J connectivity index is 2.46. The lowest BCUT2D eigenvalue weighted by Gasteiger charge is -2.00. The maximum Gasteiger partial charge on any atom is 0.204 e. The van der Waals surface area contributed by atoms with E-state index >= 15 is 0 Å². The zero-order valence-corrected chi connectivity index (χ0v) is 6.25. The van der Waals surface area contributed by atoms with E-state index < -0.39 is 0 Å². The summed E-state index contributed by atoms with van der Waals surface area (Å²) in [7, 11) is 0. The molecule has 0 fully saturated rings. The van der Waals surface area contributed by atoms with Crippen molar-refractivity contribution in [2.24, 2.45) is 0 Å². The molecule has 2 rings (SSSR count). The molecule has 0 atom stereocenters. The van der Waals surface area contributed by atoms with Gasteiger partial charge in [-0.1, -0.05) is 6.07 Å². The van der Waals surface area contributed by atoms with Crippen LogP contribution in [0.2, 0.25) is 0 Å². The molecule has 0 amide bonds. The average molecular weight is 158 g/mol. The molecule has 0 unspecified atom stereocenters. The Labute approximate surface area is 69.6 Å².